The number of carbonyl (C=O) groups excluding carboxylic acids is 3. The van der Waals surface area contributed by atoms with Crippen molar-refractivity contribution in [1.29, 1.82) is 0 Å². The Kier molecular flexibility index (Phi) is 8.84. The summed E-state index contributed by atoms with van der Waals surface area (Å²) in [5.41, 5.74) is 0.295. The number of nitrogens with zero attached hydrogens (tertiary/aromatic N) is 2. The number of non-ortho nitro benzene ring substituents is 1. The average Bonchev–Trinajstić information content (AvgIpc) is 3.18. The zero-order chi connectivity index (χ0) is 27.9. The van der Waals surface area contributed by atoms with Crippen LogP contribution in [0, 0.1) is 10.1 Å². The number of amides is 2. The van der Waals surface area contributed by atoms with Crippen LogP contribution in [-0.2, 0) is 4.79 Å². The van der Waals surface area contributed by atoms with Crippen LogP contribution >= 0.6 is 23.4 Å². The van der Waals surface area contributed by atoms with Gasteiger partial charge >= 0.3 is 5.97 Å². The lowest BCUT2D eigenvalue weighted by molar-refractivity contribution is -0.384. The van der Waals surface area contributed by atoms with Gasteiger partial charge in [0.05, 0.1) is 33.6 Å². The Bertz CT molecular complexity index is 1480. The Balaban J connectivity index is 1.46. The second-order valence-electron chi connectivity index (χ2n) is 7.95. The smallest absolute Gasteiger partial charge is 0.343 e. The molecule has 0 bridgehead atoms. The van der Waals surface area contributed by atoms with Crippen LogP contribution in [0.1, 0.15) is 22.8 Å². The highest BCUT2D eigenvalue weighted by Gasteiger charge is 2.35. The van der Waals surface area contributed by atoms with Gasteiger partial charge < -0.3 is 14.2 Å². The number of nitro groups is 1. The number of ether oxygens (including phenoxy) is 3. The Morgan fingerprint density at radius 2 is 1.82 bits per heavy atom. The number of thioether (sulfide) groups is 1. The van der Waals surface area contributed by atoms with E-state index in [2.05, 4.69) is 0 Å². The van der Waals surface area contributed by atoms with E-state index in [1.807, 2.05) is 0 Å². The van der Waals surface area contributed by atoms with Crippen LogP contribution in [0.15, 0.2) is 71.6 Å². The normalized spacial score (nSPS) is 14.0. The van der Waals surface area contributed by atoms with Gasteiger partial charge in [0.15, 0.2) is 11.5 Å². The number of carbonyl (C=O) groups is 3. The first kappa shape index (κ1) is 27.7. The molecule has 0 N–H and O–H groups in total. The molecule has 1 aliphatic heterocycles. The Hall–Kier alpha value is -4.35. The molecule has 0 unspecified atom stereocenters. The quantitative estimate of drug-likeness (QED) is 0.0954. The summed E-state index contributed by atoms with van der Waals surface area (Å²) in [6, 6.07) is 16.7. The molecule has 4 rings (SSSR count). The standard InChI is InChI=1S/C27H21ClN2O8S/c1-2-36-23-14-17(10-11-22(23)38-26(32)18-6-5-7-19(16-18)30(34)35)15-24-25(31)29(27(33)39-24)12-13-37-21-9-4-3-8-20(21)28/h3-11,14-16H,2,12-13H2,1H3/b24-15-. The van der Waals surface area contributed by atoms with Crippen molar-refractivity contribution in [2.45, 2.75) is 6.92 Å². The van der Waals surface area contributed by atoms with E-state index < -0.39 is 22.0 Å². The number of hydrogen-bond acceptors (Lipinski definition) is 9. The van der Waals surface area contributed by atoms with Gasteiger partial charge in [-0.1, -0.05) is 35.9 Å². The van der Waals surface area contributed by atoms with E-state index in [0.717, 1.165) is 22.7 Å². The Morgan fingerprint density at radius 3 is 2.56 bits per heavy atom. The summed E-state index contributed by atoms with van der Waals surface area (Å²) in [4.78, 5) is 49.6. The van der Waals surface area contributed by atoms with E-state index in [4.69, 9.17) is 25.8 Å². The van der Waals surface area contributed by atoms with Gasteiger partial charge in [0.1, 0.15) is 12.4 Å². The molecule has 3 aromatic carbocycles. The molecule has 10 nitrogen and oxygen atoms in total. The number of nitro benzene ring substituents is 1. The molecule has 0 aromatic heterocycles. The molecule has 39 heavy (non-hydrogen) atoms. The predicted octanol–water partition coefficient (Wildman–Crippen LogP) is 5.98. The largest absolute Gasteiger partial charge is 0.490 e. The summed E-state index contributed by atoms with van der Waals surface area (Å²) in [5.74, 6) is -0.497. The van der Waals surface area contributed by atoms with Crippen molar-refractivity contribution in [3.05, 3.63) is 97.9 Å². The molecule has 12 heteroatoms. The molecular formula is C27H21ClN2O8S. The lowest BCUT2D eigenvalue weighted by Gasteiger charge is -2.14. The molecule has 200 valence electrons. The number of imide groups is 1. The predicted molar refractivity (Wildman–Crippen MR) is 145 cm³/mol. The Morgan fingerprint density at radius 1 is 1.03 bits per heavy atom. The zero-order valence-corrected chi connectivity index (χ0v) is 22.1. The number of rotatable bonds is 10. The average molecular weight is 569 g/mol. The fourth-order valence-corrected chi connectivity index (χ4v) is 4.58. The van der Waals surface area contributed by atoms with Crippen molar-refractivity contribution in [1.82, 2.24) is 4.90 Å². The monoisotopic (exact) mass is 568 g/mol. The first-order chi connectivity index (χ1) is 18.8. The highest BCUT2D eigenvalue weighted by Crippen LogP contribution is 2.35. The molecule has 0 radical (unpaired) electrons. The summed E-state index contributed by atoms with van der Waals surface area (Å²) in [5, 5.41) is 11.0. The van der Waals surface area contributed by atoms with Crippen molar-refractivity contribution < 1.29 is 33.5 Å². The first-order valence-corrected chi connectivity index (χ1v) is 12.8. The highest BCUT2D eigenvalue weighted by atomic mass is 35.5. The van der Waals surface area contributed by atoms with Gasteiger partial charge in [-0.15, -0.1) is 0 Å². The summed E-state index contributed by atoms with van der Waals surface area (Å²) < 4.78 is 16.6. The van der Waals surface area contributed by atoms with Crippen molar-refractivity contribution in [3.63, 3.8) is 0 Å². The van der Waals surface area contributed by atoms with Crippen LogP contribution in [0.2, 0.25) is 5.02 Å². The maximum atomic E-state index is 12.9. The molecule has 0 saturated carbocycles. The van der Waals surface area contributed by atoms with Crippen molar-refractivity contribution >= 4 is 52.2 Å². The Labute approximate surface area is 232 Å². The lowest BCUT2D eigenvalue weighted by Crippen LogP contribution is -2.32. The molecule has 1 fully saturated rings. The van der Waals surface area contributed by atoms with Gasteiger partial charge in [-0.25, -0.2) is 4.79 Å². The second-order valence-corrected chi connectivity index (χ2v) is 9.35. The van der Waals surface area contributed by atoms with Crippen LogP contribution in [0.4, 0.5) is 10.5 Å². The second kappa shape index (κ2) is 12.5. The van der Waals surface area contributed by atoms with Crippen LogP contribution in [-0.4, -0.2) is 46.7 Å². The molecule has 0 spiro atoms. The number of esters is 1. The molecule has 1 heterocycles. The van der Waals surface area contributed by atoms with Crippen LogP contribution in [0.3, 0.4) is 0 Å². The minimum absolute atomic E-state index is 0.00270. The first-order valence-electron chi connectivity index (χ1n) is 11.6. The SMILES string of the molecule is CCOc1cc(/C=C2\SC(=O)N(CCOc3ccccc3Cl)C2=O)ccc1OC(=O)c1cccc([N+](=O)[O-])c1. The fraction of sp³-hybridized carbons (Fsp3) is 0.148. The van der Waals surface area contributed by atoms with Crippen LogP contribution in [0.25, 0.3) is 6.08 Å². The summed E-state index contributed by atoms with van der Waals surface area (Å²) in [6.07, 6.45) is 1.54. The van der Waals surface area contributed by atoms with E-state index in [1.165, 1.54) is 30.3 Å². The fourth-order valence-electron chi connectivity index (χ4n) is 3.53. The van der Waals surface area contributed by atoms with Crippen LogP contribution < -0.4 is 14.2 Å². The van der Waals surface area contributed by atoms with E-state index in [1.54, 1.807) is 43.3 Å². The van der Waals surface area contributed by atoms with Crippen LogP contribution in [0.5, 0.6) is 17.2 Å². The third-order valence-electron chi connectivity index (χ3n) is 5.34. The van der Waals surface area contributed by atoms with Crippen molar-refractivity contribution in [2.75, 3.05) is 19.8 Å². The minimum Gasteiger partial charge on any atom is -0.490 e. The molecule has 0 aliphatic carbocycles. The van der Waals surface area contributed by atoms with Gasteiger partial charge in [0.2, 0.25) is 0 Å². The zero-order valence-electron chi connectivity index (χ0n) is 20.5. The third kappa shape index (κ3) is 6.75. The van der Waals surface area contributed by atoms with E-state index in [9.17, 15) is 24.5 Å². The van der Waals surface area contributed by atoms with Crippen molar-refractivity contribution in [2.24, 2.45) is 0 Å². The molecule has 1 aliphatic rings. The molecule has 1 saturated heterocycles. The van der Waals surface area contributed by atoms with E-state index in [-0.39, 0.29) is 47.4 Å². The maximum absolute atomic E-state index is 12.9. The van der Waals surface area contributed by atoms with Gasteiger partial charge in [0.25, 0.3) is 16.8 Å². The summed E-state index contributed by atoms with van der Waals surface area (Å²) >= 11 is 6.86. The van der Waals surface area contributed by atoms with Crippen molar-refractivity contribution in [3.8, 4) is 17.2 Å². The highest BCUT2D eigenvalue weighted by molar-refractivity contribution is 8.18. The number of benzene rings is 3. The molecular weight excluding hydrogens is 548 g/mol. The van der Waals surface area contributed by atoms with Gasteiger partial charge in [-0.2, -0.15) is 0 Å². The number of hydrogen-bond donors (Lipinski definition) is 0. The minimum atomic E-state index is -0.799. The van der Waals surface area contributed by atoms with Gasteiger partial charge in [-0.05, 0) is 60.7 Å². The topological polar surface area (TPSA) is 125 Å². The van der Waals surface area contributed by atoms with Gasteiger partial charge in [0, 0.05) is 12.1 Å². The lowest BCUT2D eigenvalue weighted by atomic mass is 10.1. The third-order valence-corrected chi connectivity index (χ3v) is 6.56. The van der Waals surface area contributed by atoms with E-state index in [0.29, 0.717) is 16.3 Å². The summed E-state index contributed by atoms with van der Waals surface area (Å²) in [6.45, 7) is 2.12. The van der Waals surface area contributed by atoms with Gasteiger partial charge in [-0.3, -0.25) is 24.6 Å². The number of para-hydroxylation sites is 1. The molecule has 2 amide bonds. The summed E-state index contributed by atoms with van der Waals surface area (Å²) in [7, 11) is 0. The maximum Gasteiger partial charge on any atom is 0.343 e. The number of halogens is 1. The van der Waals surface area contributed by atoms with E-state index >= 15 is 0 Å². The molecule has 3 aromatic rings. The molecule has 0 atom stereocenters.